The zero-order chi connectivity index (χ0) is 18.9. The van der Waals surface area contributed by atoms with Crippen LogP contribution in [0, 0.1) is 0 Å². The number of hydrogen-bond acceptors (Lipinski definition) is 4. The second kappa shape index (κ2) is 7.52. The fraction of sp³-hybridized carbons (Fsp3) is 0.176. The van der Waals surface area contributed by atoms with Crippen molar-refractivity contribution in [2.45, 2.75) is 5.75 Å². The van der Waals surface area contributed by atoms with Crippen LogP contribution in [-0.2, 0) is 27.4 Å². The second-order valence-electron chi connectivity index (χ2n) is 5.67. The third kappa shape index (κ3) is 4.17. The van der Waals surface area contributed by atoms with Crippen molar-refractivity contribution in [3.63, 3.8) is 0 Å². The molecule has 0 bridgehead atoms. The molecule has 1 amide bonds. The summed E-state index contributed by atoms with van der Waals surface area (Å²) in [6.45, 7) is 0. The summed E-state index contributed by atoms with van der Waals surface area (Å²) in [5.74, 6) is -1.58. The lowest BCUT2D eigenvalue weighted by atomic mass is 10.2. The smallest absolute Gasteiger partial charge is 0.263 e. The third-order valence-electron chi connectivity index (χ3n) is 3.64. The first-order chi connectivity index (χ1) is 12.3. The minimum atomic E-state index is -3.61. The normalized spacial score (nSPS) is 12.7. The number of carbonyl (C=O) groups excluding carboxylic acids is 1. The third-order valence-corrected chi connectivity index (χ3v) is 7.00. The van der Waals surface area contributed by atoms with Gasteiger partial charge in [0, 0.05) is 7.05 Å². The Morgan fingerprint density at radius 2 is 1.77 bits per heavy atom. The van der Waals surface area contributed by atoms with Crippen LogP contribution >= 0.6 is 34.5 Å². The van der Waals surface area contributed by atoms with Gasteiger partial charge in [0.25, 0.3) is 5.91 Å². The molecule has 5 nitrogen and oxygen atoms in total. The highest BCUT2D eigenvalue weighted by atomic mass is 35.5. The van der Waals surface area contributed by atoms with E-state index in [0.29, 0.717) is 30.6 Å². The van der Waals surface area contributed by atoms with Crippen LogP contribution in [0.1, 0.15) is 5.56 Å². The van der Waals surface area contributed by atoms with Gasteiger partial charge in [-0.3, -0.25) is 4.79 Å². The maximum atomic E-state index is 12.2. The summed E-state index contributed by atoms with van der Waals surface area (Å²) >= 11 is 13.5. The van der Waals surface area contributed by atoms with Gasteiger partial charge in [-0.2, -0.15) is 4.99 Å². The molecule has 3 aromatic rings. The topological polar surface area (TPSA) is 68.5 Å². The lowest BCUT2D eigenvalue weighted by Crippen LogP contribution is -2.20. The van der Waals surface area contributed by atoms with Crippen LogP contribution in [-0.4, -0.2) is 24.6 Å². The Balaban J connectivity index is 1.90. The number of benzene rings is 2. The van der Waals surface area contributed by atoms with E-state index in [1.165, 1.54) is 11.3 Å². The average Bonchev–Trinajstić information content (AvgIpc) is 2.89. The number of amides is 1. The molecule has 3 rings (SSSR count). The summed E-state index contributed by atoms with van der Waals surface area (Å²) in [5.41, 5.74) is 1.29. The van der Waals surface area contributed by atoms with E-state index in [9.17, 15) is 13.2 Å². The van der Waals surface area contributed by atoms with E-state index in [0.717, 1.165) is 0 Å². The molecule has 2 aromatic carbocycles. The predicted octanol–water partition coefficient (Wildman–Crippen LogP) is 3.59. The minimum absolute atomic E-state index is 0.203. The number of thiazole rings is 1. The van der Waals surface area contributed by atoms with Gasteiger partial charge in [0.05, 0.1) is 26.0 Å². The van der Waals surface area contributed by atoms with E-state index in [-0.39, 0.29) is 5.75 Å². The molecule has 0 spiro atoms. The molecule has 0 unspecified atom stereocenters. The fourth-order valence-electron chi connectivity index (χ4n) is 2.49. The van der Waals surface area contributed by atoms with Gasteiger partial charge in [0.15, 0.2) is 14.6 Å². The molecule has 0 saturated carbocycles. The molecule has 136 valence electrons. The van der Waals surface area contributed by atoms with Crippen LogP contribution in [0.25, 0.3) is 10.2 Å². The molecule has 1 heterocycles. The molecule has 0 N–H and O–H groups in total. The lowest BCUT2D eigenvalue weighted by Gasteiger charge is -2.02. The van der Waals surface area contributed by atoms with Crippen molar-refractivity contribution in [3.05, 3.63) is 62.9 Å². The van der Waals surface area contributed by atoms with E-state index in [4.69, 9.17) is 23.2 Å². The Kier molecular flexibility index (Phi) is 5.53. The number of aromatic nitrogens is 1. The molecule has 1 aromatic heterocycles. The predicted molar refractivity (Wildman–Crippen MR) is 105 cm³/mol. The standard InChI is InChI=1S/C17H14Cl2N2O3S2/c1-21-15-12(18)7-8-13(19)16(15)25-17(21)20-14(22)10-26(23,24)9-11-5-3-2-4-6-11/h2-8H,9-10H2,1H3. The number of halogens is 2. The Hall–Kier alpha value is -1.67. The zero-order valence-electron chi connectivity index (χ0n) is 13.6. The maximum absolute atomic E-state index is 12.2. The Bertz CT molecular complexity index is 1150. The molecular formula is C17H14Cl2N2O3S2. The number of fused-ring (bicyclic) bond motifs is 1. The van der Waals surface area contributed by atoms with E-state index in [1.54, 1.807) is 54.1 Å². The van der Waals surface area contributed by atoms with Gasteiger partial charge in [-0.05, 0) is 17.7 Å². The highest BCUT2D eigenvalue weighted by Gasteiger charge is 2.18. The van der Waals surface area contributed by atoms with Crippen LogP contribution in [0.5, 0.6) is 0 Å². The summed E-state index contributed by atoms with van der Waals surface area (Å²) < 4.78 is 26.8. The van der Waals surface area contributed by atoms with E-state index in [1.807, 2.05) is 0 Å². The van der Waals surface area contributed by atoms with E-state index >= 15 is 0 Å². The number of sulfone groups is 1. The molecule has 0 saturated heterocycles. The second-order valence-corrected chi connectivity index (χ2v) is 9.53. The minimum Gasteiger partial charge on any atom is -0.318 e. The van der Waals surface area contributed by atoms with Crippen molar-refractivity contribution >= 4 is 60.5 Å². The largest absolute Gasteiger partial charge is 0.318 e. The number of nitrogens with zero attached hydrogens (tertiary/aromatic N) is 2. The van der Waals surface area contributed by atoms with Crippen LogP contribution < -0.4 is 4.80 Å². The Morgan fingerprint density at radius 3 is 2.42 bits per heavy atom. The van der Waals surface area contributed by atoms with Crippen molar-refractivity contribution in [3.8, 4) is 0 Å². The maximum Gasteiger partial charge on any atom is 0.263 e. The van der Waals surface area contributed by atoms with Crippen LogP contribution in [0.2, 0.25) is 10.0 Å². The van der Waals surface area contributed by atoms with Crippen LogP contribution in [0.3, 0.4) is 0 Å². The van der Waals surface area contributed by atoms with Gasteiger partial charge in [-0.15, -0.1) is 0 Å². The van der Waals surface area contributed by atoms with E-state index in [2.05, 4.69) is 4.99 Å². The lowest BCUT2D eigenvalue weighted by molar-refractivity contribution is -0.115. The summed E-state index contributed by atoms with van der Waals surface area (Å²) in [7, 11) is -1.91. The Labute approximate surface area is 164 Å². The Morgan fingerprint density at radius 1 is 1.12 bits per heavy atom. The first kappa shape index (κ1) is 19.1. The summed E-state index contributed by atoms with van der Waals surface area (Å²) in [4.78, 5) is 16.5. The fourth-order valence-corrected chi connectivity index (χ4v) is 5.41. The molecule has 0 atom stereocenters. The van der Waals surface area contributed by atoms with Crippen LogP contribution in [0.15, 0.2) is 47.5 Å². The molecule has 0 aliphatic carbocycles. The van der Waals surface area contributed by atoms with Crippen LogP contribution in [0.4, 0.5) is 0 Å². The monoisotopic (exact) mass is 428 g/mol. The average molecular weight is 429 g/mol. The summed E-state index contributed by atoms with van der Waals surface area (Å²) in [6, 6.07) is 12.0. The highest BCUT2D eigenvalue weighted by molar-refractivity contribution is 7.91. The van der Waals surface area contributed by atoms with Gasteiger partial charge in [-0.1, -0.05) is 64.9 Å². The number of hydrogen-bond donors (Lipinski definition) is 0. The summed E-state index contributed by atoms with van der Waals surface area (Å²) in [6.07, 6.45) is 0. The number of aryl methyl sites for hydroxylation is 1. The van der Waals surface area contributed by atoms with Gasteiger partial charge >= 0.3 is 0 Å². The molecule has 0 aliphatic rings. The molecular weight excluding hydrogens is 415 g/mol. The highest BCUT2D eigenvalue weighted by Crippen LogP contribution is 2.31. The van der Waals surface area contributed by atoms with Gasteiger partial charge in [0.1, 0.15) is 5.75 Å². The first-order valence-electron chi connectivity index (χ1n) is 7.52. The van der Waals surface area contributed by atoms with Crippen molar-refractivity contribution in [1.82, 2.24) is 4.57 Å². The van der Waals surface area contributed by atoms with Crippen molar-refractivity contribution in [2.24, 2.45) is 12.0 Å². The molecule has 9 heteroatoms. The molecule has 26 heavy (non-hydrogen) atoms. The van der Waals surface area contributed by atoms with E-state index < -0.39 is 21.5 Å². The van der Waals surface area contributed by atoms with Crippen molar-refractivity contribution in [1.29, 1.82) is 0 Å². The zero-order valence-corrected chi connectivity index (χ0v) is 16.8. The van der Waals surface area contributed by atoms with Gasteiger partial charge in [-0.25, -0.2) is 8.42 Å². The number of carbonyl (C=O) groups is 1. The first-order valence-corrected chi connectivity index (χ1v) is 10.9. The molecule has 0 aliphatic heterocycles. The van der Waals surface area contributed by atoms with Gasteiger partial charge in [0.2, 0.25) is 0 Å². The van der Waals surface area contributed by atoms with Crippen molar-refractivity contribution < 1.29 is 13.2 Å². The molecule has 0 fully saturated rings. The molecule has 0 radical (unpaired) electrons. The SMILES string of the molecule is Cn1c(=NC(=O)CS(=O)(=O)Cc2ccccc2)sc2c(Cl)ccc(Cl)c21. The summed E-state index contributed by atoms with van der Waals surface area (Å²) in [5, 5.41) is 0.976. The quantitative estimate of drug-likeness (QED) is 0.637. The number of rotatable bonds is 4. The van der Waals surface area contributed by atoms with Gasteiger partial charge < -0.3 is 4.57 Å². The van der Waals surface area contributed by atoms with Crippen molar-refractivity contribution in [2.75, 3.05) is 5.75 Å².